The van der Waals surface area contributed by atoms with Crippen LogP contribution in [0.25, 0.3) is 10.2 Å². The van der Waals surface area contributed by atoms with Gasteiger partial charge in [0.2, 0.25) is 5.91 Å². The number of para-hydroxylation sites is 1. The number of furan rings is 1. The number of carbonyl (C=O) groups is 2. The third-order valence-electron chi connectivity index (χ3n) is 3.79. The number of rotatable bonds is 5. The quantitative estimate of drug-likeness (QED) is 0.773. The molecule has 2 aromatic heterocycles. The van der Waals surface area contributed by atoms with Crippen molar-refractivity contribution in [2.24, 2.45) is 0 Å². The highest BCUT2D eigenvalue weighted by Crippen LogP contribution is 2.28. The van der Waals surface area contributed by atoms with Crippen molar-refractivity contribution in [2.75, 3.05) is 13.6 Å². The lowest BCUT2D eigenvalue weighted by Gasteiger charge is -2.23. The number of aromatic nitrogens is 1. The van der Waals surface area contributed by atoms with Crippen LogP contribution in [0.1, 0.15) is 28.5 Å². The minimum absolute atomic E-state index is 0.0920. The number of nitrogens with zero attached hydrogens (tertiary/aromatic N) is 2. The highest BCUT2D eigenvalue weighted by Gasteiger charge is 2.21. The van der Waals surface area contributed by atoms with E-state index in [0.717, 1.165) is 15.2 Å². The van der Waals surface area contributed by atoms with Crippen molar-refractivity contribution in [3.05, 3.63) is 53.4 Å². The van der Waals surface area contributed by atoms with Gasteiger partial charge in [0.25, 0.3) is 5.91 Å². The maximum absolute atomic E-state index is 12.3. The lowest BCUT2D eigenvalue weighted by molar-refractivity contribution is -0.130. The van der Waals surface area contributed by atoms with Gasteiger partial charge in [0.15, 0.2) is 5.76 Å². The van der Waals surface area contributed by atoms with Crippen LogP contribution >= 0.6 is 11.3 Å². The minimum atomic E-state index is -0.408. The topological polar surface area (TPSA) is 75.4 Å². The van der Waals surface area contributed by atoms with E-state index in [2.05, 4.69) is 10.3 Å². The third kappa shape index (κ3) is 3.30. The van der Waals surface area contributed by atoms with Crippen LogP contribution in [0, 0.1) is 0 Å². The smallest absolute Gasteiger partial charge is 0.287 e. The van der Waals surface area contributed by atoms with Crippen molar-refractivity contribution >= 4 is 33.4 Å². The Morgan fingerprint density at radius 3 is 2.79 bits per heavy atom. The molecule has 0 saturated carbocycles. The molecular weight excluding hydrogens is 326 g/mol. The average molecular weight is 343 g/mol. The molecular formula is C17H17N3O3S. The Morgan fingerprint density at radius 2 is 2.08 bits per heavy atom. The monoisotopic (exact) mass is 343 g/mol. The Bertz CT molecular complexity index is 824. The van der Waals surface area contributed by atoms with E-state index >= 15 is 0 Å². The molecule has 0 fully saturated rings. The number of nitrogens with one attached hydrogen (secondary N) is 1. The molecule has 1 N–H and O–H groups in total. The van der Waals surface area contributed by atoms with E-state index in [9.17, 15) is 9.59 Å². The van der Waals surface area contributed by atoms with Crippen molar-refractivity contribution in [3.8, 4) is 0 Å². The molecule has 124 valence electrons. The van der Waals surface area contributed by atoms with Gasteiger partial charge in [-0.25, -0.2) is 4.98 Å². The van der Waals surface area contributed by atoms with Gasteiger partial charge in [0.05, 0.1) is 29.1 Å². The molecule has 3 aromatic rings. The molecule has 24 heavy (non-hydrogen) atoms. The van der Waals surface area contributed by atoms with Crippen molar-refractivity contribution < 1.29 is 14.0 Å². The summed E-state index contributed by atoms with van der Waals surface area (Å²) in [4.78, 5) is 30.3. The second-order valence-corrected chi connectivity index (χ2v) is 6.42. The molecule has 7 heteroatoms. The van der Waals surface area contributed by atoms with Gasteiger partial charge in [0, 0.05) is 7.05 Å². The molecule has 0 unspecified atom stereocenters. The first-order chi connectivity index (χ1) is 11.6. The van der Waals surface area contributed by atoms with Crippen LogP contribution in [0.15, 0.2) is 47.1 Å². The molecule has 0 aliphatic heterocycles. The predicted molar refractivity (Wildman–Crippen MR) is 91.8 cm³/mol. The molecule has 0 aliphatic carbocycles. The van der Waals surface area contributed by atoms with Gasteiger partial charge in [-0.2, -0.15) is 0 Å². The Kier molecular flexibility index (Phi) is 4.61. The largest absolute Gasteiger partial charge is 0.459 e. The van der Waals surface area contributed by atoms with E-state index in [4.69, 9.17) is 4.42 Å². The second kappa shape index (κ2) is 6.84. The fourth-order valence-electron chi connectivity index (χ4n) is 2.23. The lowest BCUT2D eigenvalue weighted by atomic mass is 10.3. The number of fused-ring (bicyclic) bond motifs is 1. The maximum atomic E-state index is 12.3. The fraction of sp³-hybridized carbons (Fsp3) is 0.235. The van der Waals surface area contributed by atoms with E-state index in [1.54, 1.807) is 35.4 Å². The average Bonchev–Trinajstić information content (AvgIpc) is 3.26. The van der Waals surface area contributed by atoms with Gasteiger partial charge in [-0.05, 0) is 31.2 Å². The van der Waals surface area contributed by atoms with E-state index in [1.807, 2.05) is 31.2 Å². The molecule has 2 heterocycles. The molecule has 1 aromatic carbocycles. The minimum Gasteiger partial charge on any atom is -0.459 e. The van der Waals surface area contributed by atoms with Crippen molar-refractivity contribution in [3.63, 3.8) is 0 Å². The molecule has 0 aliphatic rings. The van der Waals surface area contributed by atoms with Crippen molar-refractivity contribution in [1.29, 1.82) is 0 Å². The fourth-order valence-corrected chi connectivity index (χ4v) is 3.29. The number of carbonyl (C=O) groups excluding carboxylic acids is 2. The number of benzene rings is 1. The van der Waals surface area contributed by atoms with Gasteiger partial charge in [0.1, 0.15) is 5.01 Å². The first kappa shape index (κ1) is 16.2. The van der Waals surface area contributed by atoms with E-state index in [-0.39, 0.29) is 24.3 Å². The SMILES string of the molecule is C[C@@H](c1nc2ccccc2s1)N(C)C(=O)CNC(=O)c1ccco1. The van der Waals surface area contributed by atoms with Crippen LogP contribution in [0.5, 0.6) is 0 Å². The normalized spacial score (nSPS) is 12.1. The molecule has 3 rings (SSSR count). The molecule has 0 spiro atoms. The number of thiazole rings is 1. The summed E-state index contributed by atoms with van der Waals surface area (Å²) in [5.74, 6) is -0.416. The van der Waals surface area contributed by atoms with Gasteiger partial charge < -0.3 is 14.6 Å². The lowest BCUT2D eigenvalue weighted by Crippen LogP contribution is -2.39. The van der Waals surface area contributed by atoms with E-state index in [1.165, 1.54) is 6.26 Å². The van der Waals surface area contributed by atoms with Crippen LogP contribution < -0.4 is 5.32 Å². The molecule has 0 saturated heterocycles. The van der Waals surface area contributed by atoms with Crippen molar-refractivity contribution in [2.45, 2.75) is 13.0 Å². The highest BCUT2D eigenvalue weighted by molar-refractivity contribution is 7.18. The molecule has 2 amide bonds. The van der Waals surface area contributed by atoms with Gasteiger partial charge >= 0.3 is 0 Å². The molecule has 1 atom stereocenters. The van der Waals surface area contributed by atoms with Crippen molar-refractivity contribution in [1.82, 2.24) is 15.2 Å². The summed E-state index contributed by atoms with van der Waals surface area (Å²) in [6.07, 6.45) is 1.41. The first-order valence-electron chi connectivity index (χ1n) is 7.49. The summed E-state index contributed by atoms with van der Waals surface area (Å²) in [5, 5.41) is 3.42. The van der Waals surface area contributed by atoms with E-state index < -0.39 is 5.91 Å². The number of hydrogen-bond donors (Lipinski definition) is 1. The summed E-state index contributed by atoms with van der Waals surface area (Å²) in [5.41, 5.74) is 0.927. The molecule has 6 nitrogen and oxygen atoms in total. The van der Waals surface area contributed by atoms with Crippen LogP contribution in [-0.4, -0.2) is 35.3 Å². The second-order valence-electron chi connectivity index (χ2n) is 5.36. The standard InChI is InChI=1S/C17H17N3O3S/c1-11(17-19-12-6-3-4-8-14(12)24-17)20(2)15(21)10-18-16(22)13-7-5-9-23-13/h3-9,11H,10H2,1-2H3,(H,18,22)/t11-/m0/s1. The maximum Gasteiger partial charge on any atom is 0.287 e. The summed E-state index contributed by atoms with van der Waals surface area (Å²) < 4.78 is 6.08. The van der Waals surface area contributed by atoms with E-state index in [0.29, 0.717) is 0 Å². The number of amides is 2. The van der Waals surface area contributed by atoms with Crippen LogP contribution in [0.3, 0.4) is 0 Å². The Labute approximate surface area is 143 Å². The number of likely N-dealkylation sites (N-methyl/N-ethyl adjacent to an activating group) is 1. The van der Waals surface area contributed by atoms with Gasteiger partial charge in [-0.15, -0.1) is 11.3 Å². The zero-order valence-corrected chi connectivity index (χ0v) is 14.2. The van der Waals surface area contributed by atoms with Crippen LogP contribution in [0.4, 0.5) is 0 Å². The summed E-state index contributed by atoms with van der Waals surface area (Å²) in [6, 6.07) is 10.9. The third-order valence-corrected chi connectivity index (χ3v) is 4.99. The zero-order chi connectivity index (χ0) is 17.1. The Balaban J connectivity index is 1.63. The Hall–Kier alpha value is -2.67. The van der Waals surface area contributed by atoms with Gasteiger partial charge in [-0.3, -0.25) is 9.59 Å². The van der Waals surface area contributed by atoms with Gasteiger partial charge in [-0.1, -0.05) is 12.1 Å². The van der Waals surface area contributed by atoms with Crippen LogP contribution in [-0.2, 0) is 4.79 Å². The predicted octanol–water partition coefficient (Wildman–Crippen LogP) is 2.84. The summed E-state index contributed by atoms with van der Waals surface area (Å²) >= 11 is 1.57. The zero-order valence-electron chi connectivity index (χ0n) is 13.4. The first-order valence-corrected chi connectivity index (χ1v) is 8.30. The molecule has 0 radical (unpaired) electrons. The summed E-state index contributed by atoms with van der Waals surface area (Å²) in [6.45, 7) is 1.83. The molecule has 0 bridgehead atoms. The Morgan fingerprint density at radius 1 is 1.29 bits per heavy atom. The number of hydrogen-bond acceptors (Lipinski definition) is 5. The summed E-state index contributed by atoms with van der Waals surface area (Å²) in [7, 11) is 1.71. The highest BCUT2D eigenvalue weighted by atomic mass is 32.1. The van der Waals surface area contributed by atoms with Crippen LogP contribution in [0.2, 0.25) is 0 Å².